The van der Waals surface area contributed by atoms with Crippen LogP contribution in [0, 0.1) is 0 Å². The lowest BCUT2D eigenvalue weighted by atomic mass is 10.1. The Kier molecular flexibility index (Phi) is 4.21. The summed E-state index contributed by atoms with van der Waals surface area (Å²) in [7, 11) is 1.96. The summed E-state index contributed by atoms with van der Waals surface area (Å²) < 4.78 is 2.00. The molecule has 0 spiro atoms. The number of carbonyl (C=O) groups excluding carboxylic acids is 1. The second-order valence-corrected chi connectivity index (χ2v) is 5.26. The first kappa shape index (κ1) is 15.0. The van der Waals surface area contributed by atoms with Crippen LogP contribution in [0.2, 0.25) is 0 Å². The number of rotatable bonds is 4. The lowest BCUT2D eigenvalue weighted by molar-refractivity contribution is -0.129. The maximum atomic E-state index is 11.9. The van der Waals surface area contributed by atoms with Gasteiger partial charge in [-0.1, -0.05) is 48.5 Å². The van der Waals surface area contributed by atoms with Gasteiger partial charge in [0.05, 0.1) is 6.21 Å². The number of aryl methyl sites for hydroxylation is 1. The number of carbonyl (C=O) groups is 1. The van der Waals surface area contributed by atoms with Gasteiger partial charge in [0.15, 0.2) is 6.10 Å². The molecule has 3 rings (SSSR count). The molecule has 0 bridgehead atoms. The van der Waals surface area contributed by atoms with Gasteiger partial charge in [0, 0.05) is 29.7 Å². The number of fused-ring (bicyclic) bond motifs is 1. The van der Waals surface area contributed by atoms with Crippen LogP contribution in [-0.2, 0) is 11.8 Å². The summed E-state index contributed by atoms with van der Waals surface area (Å²) in [5, 5.41) is 15.0. The van der Waals surface area contributed by atoms with Gasteiger partial charge in [-0.25, -0.2) is 5.43 Å². The van der Waals surface area contributed by atoms with Gasteiger partial charge < -0.3 is 9.67 Å². The standard InChI is InChI=1S/C18H17N3O2/c1-21-12-14(15-9-5-6-10-16(15)21)11-19-20-18(23)17(22)13-7-3-2-4-8-13/h2-12,17,22H,1H3,(H,20,23)/b19-11-/t17-/m0/s1. The largest absolute Gasteiger partial charge is 0.378 e. The smallest absolute Gasteiger partial charge is 0.273 e. The van der Waals surface area contributed by atoms with Crippen LogP contribution >= 0.6 is 0 Å². The lowest BCUT2D eigenvalue weighted by Gasteiger charge is -2.08. The third-order valence-corrected chi connectivity index (χ3v) is 3.67. The number of aromatic nitrogens is 1. The average molecular weight is 307 g/mol. The van der Waals surface area contributed by atoms with E-state index >= 15 is 0 Å². The molecule has 1 heterocycles. The van der Waals surface area contributed by atoms with Crippen molar-refractivity contribution < 1.29 is 9.90 Å². The number of para-hydroxylation sites is 1. The van der Waals surface area contributed by atoms with E-state index in [-0.39, 0.29) is 0 Å². The van der Waals surface area contributed by atoms with Gasteiger partial charge in [0.1, 0.15) is 0 Å². The summed E-state index contributed by atoms with van der Waals surface area (Å²) in [5.74, 6) is -0.562. The lowest BCUT2D eigenvalue weighted by Crippen LogP contribution is -2.25. The van der Waals surface area contributed by atoms with Crippen molar-refractivity contribution in [3.05, 3.63) is 71.9 Å². The van der Waals surface area contributed by atoms with E-state index in [1.807, 2.05) is 48.1 Å². The molecule has 1 atom stereocenters. The minimum atomic E-state index is -1.24. The SMILES string of the molecule is Cn1cc(/C=N\NC(=O)[C@@H](O)c2ccccc2)c2ccccc21. The van der Waals surface area contributed by atoms with Crippen LogP contribution in [0.4, 0.5) is 0 Å². The third-order valence-electron chi connectivity index (χ3n) is 3.67. The van der Waals surface area contributed by atoms with Crippen LogP contribution in [0.15, 0.2) is 65.9 Å². The van der Waals surface area contributed by atoms with Crippen LogP contribution in [0.3, 0.4) is 0 Å². The molecule has 0 fully saturated rings. The van der Waals surface area contributed by atoms with Gasteiger partial charge in [0.2, 0.25) is 0 Å². The van der Waals surface area contributed by atoms with Gasteiger partial charge >= 0.3 is 0 Å². The van der Waals surface area contributed by atoms with Gasteiger partial charge in [-0.2, -0.15) is 5.10 Å². The topological polar surface area (TPSA) is 66.6 Å². The molecule has 5 heteroatoms. The molecule has 0 saturated heterocycles. The Labute approximate surface area is 133 Å². The normalized spacial score (nSPS) is 12.6. The first-order chi connectivity index (χ1) is 11.2. The highest BCUT2D eigenvalue weighted by Crippen LogP contribution is 2.18. The summed E-state index contributed by atoms with van der Waals surface area (Å²) in [5.41, 5.74) is 4.90. The van der Waals surface area contributed by atoms with Crippen molar-refractivity contribution in [2.45, 2.75) is 6.10 Å². The molecule has 0 radical (unpaired) electrons. The molecule has 0 unspecified atom stereocenters. The molecular formula is C18H17N3O2. The molecule has 1 aromatic heterocycles. The zero-order valence-corrected chi connectivity index (χ0v) is 12.7. The summed E-state index contributed by atoms with van der Waals surface area (Å²) in [6.07, 6.45) is 2.28. The van der Waals surface area contributed by atoms with E-state index in [4.69, 9.17) is 0 Å². The summed E-state index contributed by atoms with van der Waals surface area (Å²) in [6.45, 7) is 0. The van der Waals surface area contributed by atoms with E-state index in [1.165, 1.54) is 0 Å². The molecule has 0 aliphatic heterocycles. The molecule has 0 saturated carbocycles. The van der Waals surface area contributed by atoms with Crippen LogP contribution in [0.25, 0.3) is 10.9 Å². The predicted molar refractivity (Wildman–Crippen MR) is 90.1 cm³/mol. The number of nitrogens with zero attached hydrogens (tertiary/aromatic N) is 2. The van der Waals surface area contributed by atoms with Crippen molar-refractivity contribution in [2.75, 3.05) is 0 Å². The highest BCUT2D eigenvalue weighted by molar-refractivity contribution is 5.99. The quantitative estimate of drug-likeness (QED) is 0.574. The Morgan fingerprint density at radius 1 is 1.17 bits per heavy atom. The Morgan fingerprint density at radius 3 is 2.65 bits per heavy atom. The zero-order valence-electron chi connectivity index (χ0n) is 12.7. The van der Waals surface area contributed by atoms with Crippen molar-refractivity contribution in [3.63, 3.8) is 0 Å². The highest BCUT2D eigenvalue weighted by atomic mass is 16.3. The third kappa shape index (κ3) is 3.14. The number of aliphatic hydroxyl groups excluding tert-OH is 1. The molecule has 0 aliphatic rings. The molecule has 2 aromatic carbocycles. The van der Waals surface area contributed by atoms with Crippen molar-refractivity contribution in [3.8, 4) is 0 Å². The Bertz CT molecular complexity index is 853. The summed E-state index contributed by atoms with van der Waals surface area (Å²) in [4.78, 5) is 11.9. The maximum Gasteiger partial charge on any atom is 0.273 e. The summed E-state index contributed by atoms with van der Waals surface area (Å²) >= 11 is 0. The molecule has 5 nitrogen and oxygen atoms in total. The second kappa shape index (κ2) is 6.46. The maximum absolute atomic E-state index is 11.9. The van der Waals surface area contributed by atoms with Crippen LogP contribution in [-0.4, -0.2) is 21.8 Å². The van der Waals surface area contributed by atoms with Gasteiger partial charge in [0.25, 0.3) is 5.91 Å². The zero-order chi connectivity index (χ0) is 16.2. The highest BCUT2D eigenvalue weighted by Gasteiger charge is 2.16. The van der Waals surface area contributed by atoms with Crippen molar-refractivity contribution in [2.24, 2.45) is 12.1 Å². The Hall–Kier alpha value is -2.92. The number of hydrazone groups is 1. The van der Waals surface area contributed by atoms with Crippen molar-refractivity contribution >= 4 is 23.0 Å². The predicted octanol–water partition coefficient (Wildman–Crippen LogP) is 2.36. The van der Waals surface area contributed by atoms with Crippen LogP contribution in [0.1, 0.15) is 17.2 Å². The van der Waals surface area contributed by atoms with E-state index in [0.717, 1.165) is 16.5 Å². The van der Waals surface area contributed by atoms with Crippen molar-refractivity contribution in [1.82, 2.24) is 9.99 Å². The molecule has 1 amide bonds. The van der Waals surface area contributed by atoms with Crippen LogP contribution < -0.4 is 5.43 Å². The number of amides is 1. The van der Waals surface area contributed by atoms with Gasteiger partial charge in [-0.3, -0.25) is 4.79 Å². The van der Waals surface area contributed by atoms with E-state index in [2.05, 4.69) is 10.5 Å². The summed E-state index contributed by atoms with van der Waals surface area (Å²) in [6, 6.07) is 16.7. The molecule has 116 valence electrons. The molecule has 3 aromatic rings. The second-order valence-electron chi connectivity index (χ2n) is 5.26. The molecule has 0 aliphatic carbocycles. The fourth-order valence-corrected chi connectivity index (χ4v) is 2.49. The number of hydrogen-bond acceptors (Lipinski definition) is 3. The number of hydrogen-bond donors (Lipinski definition) is 2. The van der Waals surface area contributed by atoms with Crippen molar-refractivity contribution in [1.29, 1.82) is 0 Å². The minimum absolute atomic E-state index is 0.533. The van der Waals surface area contributed by atoms with E-state index < -0.39 is 12.0 Å². The van der Waals surface area contributed by atoms with E-state index in [1.54, 1.807) is 30.5 Å². The first-order valence-corrected chi connectivity index (χ1v) is 7.27. The fourth-order valence-electron chi connectivity index (χ4n) is 2.49. The molecular weight excluding hydrogens is 290 g/mol. The Balaban J connectivity index is 1.72. The molecule has 23 heavy (non-hydrogen) atoms. The average Bonchev–Trinajstić information content (AvgIpc) is 2.91. The number of nitrogens with one attached hydrogen (secondary N) is 1. The first-order valence-electron chi connectivity index (χ1n) is 7.27. The number of aliphatic hydroxyl groups is 1. The van der Waals surface area contributed by atoms with Gasteiger partial charge in [-0.15, -0.1) is 0 Å². The van der Waals surface area contributed by atoms with E-state index in [9.17, 15) is 9.90 Å². The number of benzene rings is 2. The van der Waals surface area contributed by atoms with E-state index in [0.29, 0.717) is 5.56 Å². The van der Waals surface area contributed by atoms with Crippen LogP contribution in [0.5, 0.6) is 0 Å². The van der Waals surface area contributed by atoms with Gasteiger partial charge in [-0.05, 0) is 11.6 Å². The monoisotopic (exact) mass is 307 g/mol. The molecule has 2 N–H and O–H groups in total. The minimum Gasteiger partial charge on any atom is -0.378 e. The fraction of sp³-hybridized carbons (Fsp3) is 0.111. The Morgan fingerprint density at radius 2 is 1.87 bits per heavy atom.